The van der Waals surface area contributed by atoms with Gasteiger partial charge in [0.25, 0.3) is 0 Å². The summed E-state index contributed by atoms with van der Waals surface area (Å²) in [5, 5.41) is 9.44. The van der Waals surface area contributed by atoms with Crippen LogP contribution in [0.2, 0.25) is 0 Å². The van der Waals surface area contributed by atoms with E-state index in [-0.39, 0.29) is 6.10 Å². The zero-order valence-corrected chi connectivity index (χ0v) is 12.5. The van der Waals surface area contributed by atoms with E-state index in [0.717, 1.165) is 28.9 Å². The van der Waals surface area contributed by atoms with Gasteiger partial charge in [-0.25, -0.2) is 4.98 Å². The Hall–Kier alpha value is -1.88. The molecule has 0 aliphatic carbocycles. The average molecular weight is 287 g/mol. The Kier molecular flexibility index (Phi) is 3.92. The number of β-amino-alcohol motifs (C(OH)–C–C–N with tert-alkyl or cyclic N) is 1. The zero-order valence-electron chi connectivity index (χ0n) is 12.5. The molecule has 21 heavy (non-hydrogen) atoms. The number of hydrogen-bond acceptors (Lipinski definition) is 5. The Balaban J connectivity index is 1.79. The third kappa shape index (κ3) is 3.08. The van der Waals surface area contributed by atoms with E-state index in [2.05, 4.69) is 28.7 Å². The minimum absolute atomic E-state index is 0.230. The molecule has 0 amide bonds. The highest BCUT2D eigenvalue weighted by Gasteiger charge is 2.26. The summed E-state index contributed by atoms with van der Waals surface area (Å²) in [6, 6.07) is 3.88. The topological polar surface area (TPSA) is 58.5 Å². The van der Waals surface area contributed by atoms with E-state index >= 15 is 0 Å². The molecule has 1 saturated heterocycles. The lowest BCUT2D eigenvalue weighted by atomic mass is 10.1. The number of anilines is 1. The summed E-state index contributed by atoms with van der Waals surface area (Å²) in [6.07, 6.45) is 4.33. The number of rotatable bonds is 5. The Morgan fingerprint density at radius 3 is 2.90 bits per heavy atom. The quantitative estimate of drug-likeness (QED) is 0.914. The first kappa shape index (κ1) is 14.1. The fourth-order valence-corrected chi connectivity index (χ4v) is 2.40. The zero-order chi connectivity index (χ0) is 14.8. The Morgan fingerprint density at radius 1 is 1.38 bits per heavy atom. The van der Waals surface area contributed by atoms with E-state index in [9.17, 15) is 5.11 Å². The number of nitrogens with zero attached hydrogens (tertiary/aromatic N) is 3. The van der Waals surface area contributed by atoms with Gasteiger partial charge in [0.05, 0.1) is 30.1 Å². The molecule has 5 heteroatoms. The maximum absolute atomic E-state index is 9.44. The number of aliphatic hydroxyl groups excluding tert-OH is 1. The van der Waals surface area contributed by atoms with Crippen molar-refractivity contribution >= 4 is 16.7 Å². The number of pyridine rings is 2. The SMILES string of the molecule is CC(C)CCOc1cnc2c(N3CC(O)C3)ccnc2c1. The van der Waals surface area contributed by atoms with Crippen LogP contribution in [0, 0.1) is 5.92 Å². The normalized spacial score (nSPS) is 15.5. The van der Waals surface area contributed by atoms with Crippen molar-refractivity contribution < 1.29 is 9.84 Å². The highest BCUT2D eigenvalue weighted by atomic mass is 16.5. The van der Waals surface area contributed by atoms with Crippen LogP contribution < -0.4 is 9.64 Å². The molecule has 0 bridgehead atoms. The molecule has 2 aromatic rings. The number of fused-ring (bicyclic) bond motifs is 1. The lowest BCUT2D eigenvalue weighted by Crippen LogP contribution is -2.50. The highest BCUT2D eigenvalue weighted by Crippen LogP contribution is 2.29. The van der Waals surface area contributed by atoms with Gasteiger partial charge >= 0.3 is 0 Å². The van der Waals surface area contributed by atoms with E-state index in [1.807, 2.05) is 12.1 Å². The van der Waals surface area contributed by atoms with E-state index in [0.29, 0.717) is 25.6 Å². The summed E-state index contributed by atoms with van der Waals surface area (Å²) < 4.78 is 5.73. The number of ether oxygens (including phenoxy) is 1. The number of hydrogen-bond donors (Lipinski definition) is 1. The largest absolute Gasteiger partial charge is 0.492 e. The molecular formula is C16H21N3O2. The van der Waals surface area contributed by atoms with Crippen molar-refractivity contribution in [1.82, 2.24) is 9.97 Å². The van der Waals surface area contributed by atoms with Gasteiger partial charge in [-0.2, -0.15) is 0 Å². The maximum atomic E-state index is 9.44. The van der Waals surface area contributed by atoms with Crippen molar-refractivity contribution in [1.29, 1.82) is 0 Å². The molecular weight excluding hydrogens is 266 g/mol. The fourth-order valence-electron chi connectivity index (χ4n) is 2.40. The van der Waals surface area contributed by atoms with E-state index in [1.54, 1.807) is 12.4 Å². The van der Waals surface area contributed by atoms with Gasteiger partial charge in [0.15, 0.2) is 0 Å². The second kappa shape index (κ2) is 5.85. The van der Waals surface area contributed by atoms with Crippen LogP contribution >= 0.6 is 0 Å². The highest BCUT2D eigenvalue weighted by molar-refractivity contribution is 5.88. The molecule has 0 spiro atoms. The van der Waals surface area contributed by atoms with Crippen molar-refractivity contribution in [3.05, 3.63) is 24.5 Å². The van der Waals surface area contributed by atoms with Gasteiger partial charge in [-0.3, -0.25) is 4.98 Å². The first-order valence-corrected chi connectivity index (χ1v) is 7.44. The van der Waals surface area contributed by atoms with Crippen LogP contribution in [-0.4, -0.2) is 40.9 Å². The van der Waals surface area contributed by atoms with Crippen LogP contribution in [0.25, 0.3) is 11.0 Å². The molecule has 112 valence electrons. The summed E-state index contributed by atoms with van der Waals surface area (Å²) in [4.78, 5) is 11.0. The molecule has 0 aromatic carbocycles. The summed E-state index contributed by atoms with van der Waals surface area (Å²) in [5.74, 6) is 1.39. The molecule has 1 aliphatic heterocycles. The van der Waals surface area contributed by atoms with Gasteiger partial charge in [0.2, 0.25) is 0 Å². The van der Waals surface area contributed by atoms with Crippen molar-refractivity contribution in [2.24, 2.45) is 5.92 Å². The Bertz CT molecular complexity index is 624. The Morgan fingerprint density at radius 2 is 2.19 bits per heavy atom. The van der Waals surface area contributed by atoms with Gasteiger partial charge < -0.3 is 14.7 Å². The summed E-state index contributed by atoms with van der Waals surface area (Å²) in [5.41, 5.74) is 2.72. The molecule has 5 nitrogen and oxygen atoms in total. The third-order valence-electron chi connectivity index (χ3n) is 3.70. The van der Waals surface area contributed by atoms with Crippen molar-refractivity contribution in [2.75, 3.05) is 24.6 Å². The molecule has 0 unspecified atom stereocenters. The van der Waals surface area contributed by atoms with Gasteiger partial charge in [-0.1, -0.05) is 13.8 Å². The van der Waals surface area contributed by atoms with Gasteiger partial charge in [-0.15, -0.1) is 0 Å². The fraction of sp³-hybridized carbons (Fsp3) is 0.500. The molecule has 3 heterocycles. The first-order chi connectivity index (χ1) is 10.1. The molecule has 0 saturated carbocycles. The average Bonchev–Trinajstić information content (AvgIpc) is 2.43. The van der Waals surface area contributed by atoms with Crippen LogP contribution in [0.4, 0.5) is 5.69 Å². The van der Waals surface area contributed by atoms with Crippen LogP contribution in [0.1, 0.15) is 20.3 Å². The lowest BCUT2D eigenvalue weighted by Gasteiger charge is -2.38. The number of aliphatic hydroxyl groups is 1. The molecule has 3 rings (SSSR count). The molecule has 1 fully saturated rings. The van der Waals surface area contributed by atoms with Crippen LogP contribution in [-0.2, 0) is 0 Å². The summed E-state index contributed by atoms with van der Waals surface area (Å²) >= 11 is 0. The van der Waals surface area contributed by atoms with Gasteiger partial charge in [0.1, 0.15) is 11.3 Å². The molecule has 1 aliphatic rings. The van der Waals surface area contributed by atoms with Crippen molar-refractivity contribution in [3.63, 3.8) is 0 Å². The van der Waals surface area contributed by atoms with Gasteiger partial charge in [0, 0.05) is 25.4 Å². The van der Waals surface area contributed by atoms with Crippen molar-refractivity contribution in [2.45, 2.75) is 26.4 Å². The van der Waals surface area contributed by atoms with Gasteiger partial charge in [-0.05, 0) is 18.4 Å². The predicted octanol–water partition coefficient (Wildman–Crippen LogP) is 2.24. The summed E-state index contributed by atoms with van der Waals surface area (Å²) in [7, 11) is 0. The minimum atomic E-state index is -0.230. The van der Waals surface area contributed by atoms with Crippen molar-refractivity contribution in [3.8, 4) is 5.75 Å². The monoisotopic (exact) mass is 287 g/mol. The van der Waals surface area contributed by atoms with E-state index in [4.69, 9.17) is 4.74 Å². The maximum Gasteiger partial charge on any atom is 0.139 e. The molecule has 2 aromatic heterocycles. The minimum Gasteiger partial charge on any atom is -0.492 e. The smallest absolute Gasteiger partial charge is 0.139 e. The second-order valence-corrected chi connectivity index (χ2v) is 5.96. The summed E-state index contributed by atoms with van der Waals surface area (Å²) in [6.45, 7) is 6.37. The standard InChI is InChI=1S/C16H21N3O2/c1-11(2)4-6-21-13-7-14-16(18-8-13)15(3-5-17-14)19-9-12(20)10-19/h3,5,7-8,11-12,20H,4,6,9-10H2,1-2H3. The van der Waals surface area contributed by atoms with Crippen LogP contribution in [0.15, 0.2) is 24.5 Å². The lowest BCUT2D eigenvalue weighted by molar-refractivity contribution is 0.142. The molecule has 0 radical (unpaired) electrons. The second-order valence-electron chi connectivity index (χ2n) is 5.96. The van der Waals surface area contributed by atoms with E-state index < -0.39 is 0 Å². The third-order valence-corrected chi connectivity index (χ3v) is 3.70. The van der Waals surface area contributed by atoms with Crippen LogP contribution in [0.5, 0.6) is 5.75 Å². The molecule has 0 atom stereocenters. The Labute approximate surface area is 124 Å². The number of aromatic nitrogens is 2. The van der Waals surface area contributed by atoms with Crippen LogP contribution in [0.3, 0.4) is 0 Å². The first-order valence-electron chi connectivity index (χ1n) is 7.44. The molecule has 1 N–H and O–H groups in total. The predicted molar refractivity (Wildman–Crippen MR) is 82.7 cm³/mol. The van der Waals surface area contributed by atoms with E-state index in [1.165, 1.54) is 0 Å².